The third-order valence-electron chi connectivity index (χ3n) is 5.28. The fourth-order valence-electron chi connectivity index (χ4n) is 4.08. The Bertz CT molecular complexity index is 983. The van der Waals surface area contributed by atoms with Gasteiger partial charge in [0.1, 0.15) is 5.54 Å². The van der Waals surface area contributed by atoms with Crippen LogP contribution in [0, 0.1) is 23.7 Å². The molecule has 0 saturated carbocycles. The molecule has 1 fully saturated rings. The molecule has 1 heterocycles. The van der Waals surface area contributed by atoms with Crippen molar-refractivity contribution >= 4 is 21.5 Å². The Balaban J connectivity index is 2.11. The van der Waals surface area contributed by atoms with Crippen molar-refractivity contribution in [1.82, 2.24) is 4.90 Å². The summed E-state index contributed by atoms with van der Waals surface area (Å²) < 4.78 is 5.53. The maximum absolute atomic E-state index is 10.4. The van der Waals surface area contributed by atoms with Crippen molar-refractivity contribution < 1.29 is 4.74 Å². The quantitative estimate of drug-likeness (QED) is 0.533. The van der Waals surface area contributed by atoms with E-state index in [0.717, 1.165) is 27.1 Å². The number of morpholine rings is 1. The highest BCUT2D eigenvalue weighted by Gasteiger charge is 2.41. The minimum atomic E-state index is -0.862. The first-order valence-electron chi connectivity index (χ1n) is 8.88. The molecule has 3 aromatic carbocycles. The molecule has 1 aliphatic heterocycles. The number of rotatable bonds is 3. The lowest BCUT2D eigenvalue weighted by atomic mass is 9.80. The van der Waals surface area contributed by atoms with Crippen LogP contribution in [-0.2, 0) is 10.3 Å². The van der Waals surface area contributed by atoms with Crippen molar-refractivity contribution in [3.63, 3.8) is 0 Å². The smallest absolute Gasteiger partial charge is 0.147 e. The van der Waals surface area contributed by atoms with Crippen molar-refractivity contribution in [3.05, 3.63) is 60.2 Å². The Hall–Kier alpha value is -2.85. The zero-order valence-corrected chi connectivity index (χ0v) is 14.6. The minimum Gasteiger partial charge on any atom is -0.379 e. The van der Waals surface area contributed by atoms with Crippen molar-refractivity contribution in [2.45, 2.75) is 12.0 Å². The molecule has 0 bridgehead atoms. The number of terminal acetylenes is 1. The van der Waals surface area contributed by atoms with E-state index in [1.54, 1.807) is 0 Å². The van der Waals surface area contributed by atoms with Gasteiger partial charge in [-0.25, -0.2) is 0 Å². The molecule has 3 nitrogen and oxygen atoms in total. The van der Waals surface area contributed by atoms with Gasteiger partial charge in [0.25, 0.3) is 0 Å². The first kappa shape index (κ1) is 16.6. The molecule has 3 heteroatoms. The summed E-state index contributed by atoms with van der Waals surface area (Å²) in [6.45, 7) is 2.65. The standard InChI is InChI=1S/C23H20N2O/c1-2-11-23(17-24,25-12-14-26-15-13-25)22-20-9-5-3-7-18(20)16-19-8-4-6-10-21(19)22/h1,3-10,16H,11-15H2. The molecular weight excluding hydrogens is 320 g/mol. The number of hydrogen-bond donors (Lipinski definition) is 0. The van der Waals surface area contributed by atoms with Crippen LogP contribution in [-0.4, -0.2) is 31.2 Å². The van der Waals surface area contributed by atoms with Crippen molar-refractivity contribution in [2.75, 3.05) is 26.3 Å². The summed E-state index contributed by atoms with van der Waals surface area (Å²) >= 11 is 0. The summed E-state index contributed by atoms with van der Waals surface area (Å²) in [7, 11) is 0. The molecule has 128 valence electrons. The Kier molecular flexibility index (Phi) is 4.35. The van der Waals surface area contributed by atoms with Crippen LogP contribution in [0.15, 0.2) is 54.6 Å². The normalized spacial score (nSPS) is 17.5. The van der Waals surface area contributed by atoms with Crippen LogP contribution in [0.1, 0.15) is 12.0 Å². The van der Waals surface area contributed by atoms with Crippen molar-refractivity contribution in [2.24, 2.45) is 0 Å². The van der Waals surface area contributed by atoms with Crippen LogP contribution in [0.2, 0.25) is 0 Å². The van der Waals surface area contributed by atoms with Gasteiger partial charge in [-0.1, -0.05) is 48.5 Å². The second-order valence-corrected chi connectivity index (χ2v) is 6.65. The minimum absolute atomic E-state index is 0.349. The molecule has 1 atom stereocenters. The number of ether oxygens (including phenoxy) is 1. The maximum Gasteiger partial charge on any atom is 0.147 e. The first-order chi connectivity index (χ1) is 12.8. The Labute approximate surface area is 153 Å². The molecule has 1 unspecified atom stereocenters. The molecule has 3 aromatic rings. The molecule has 0 radical (unpaired) electrons. The lowest BCUT2D eigenvalue weighted by molar-refractivity contribution is -0.00288. The summed E-state index contributed by atoms with van der Waals surface area (Å²) in [6, 6.07) is 21.3. The fraction of sp³-hybridized carbons (Fsp3) is 0.261. The first-order valence-corrected chi connectivity index (χ1v) is 8.88. The fourth-order valence-corrected chi connectivity index (χ4v) is 4.08. The van der Waals surface area contributed by atoms with Gasteiger partial charge in [0.05, 0.1) is 19.3 Å². The zero-order valence-electron chi connectivity index (χ0n) is 14.6. The summed E-state index contributed by atoms with van der Waals surface area (Å²) in [4.78, 5) is 2.20. The highest BCUT2D eigenvalue weighted by atomic mass is 16.5. The van der Waals surface area contributed by atoms with Gasteiger partial charge in [-0.2, -0.15) is 5.26 Å². The van der Waals surface area contributed by atoms with E-state index >= 15 is 0 Å². The van der Waals surface area contributed by atoms with Crippen LogP contribution in [0.4, 0.5) is 0 Å². The molecule has 0 N–H and O–H groups in total. The molecule has 1 saturated heterocycles. The van der Waals surface area contributed by atoms with Gasteiger partial charge >= 0.3 is 0 Å². The molecule has 1 aliphatic rings. The van der Waals surface area contributed by atoms with E-state index in [2.05, 4.69) is 47.2 Å². The average molecular weight is 340 g/mol. The summed E-state index contributed by atoms with van der Waals surface area (Å²) in [5, 5.41) is 14.8. The molecule has 0 aliphatic carbocycles. The second kappa shape index (κ2) is 6.81. The number of benzene rings is 3. The van der Waals surface area contributed by atoms with Crippen LogP contribution >= 0.6 is 0 Å². The summed E-state index contributed by atoms with van der Waals surface area (Å²) in [5.41, 5.74) is 0.160. The van der Waals surface area contributed by atoms with E-state index in [1.165, 1.54) is 0 Å². The number of hydrogen-bond acceptors (Lipinski definition) is 3. The highest BCUT2D eigenvalue weighted by Crippen LogP contribution is 2.41. The Morgan fingerprint density at radius 3 is 2.12 bits per heavy atom. The highest BCUT2D eigenvalue weighted by molar-refractivity contribution is 6.03. The predicted molar refractivity (Wildman–Crippen MR) is 105 cm³/mol. The summed E-state index contributed by atoms with van der Waals surface area (Å²) in [6.07, 6.45) is 6.11. The largest absolute Gasteiger partial charge is 0.379 e. The molecule has 0 aromatic heterocycles. The Morgan fingerprint density at radius 2 is 1.58 bits per heavy atom. The van der Waals surface area contributed by atoms with Gasteiger partial charge in [-0.05, 0) is 27.6 Å². The van der Waals surface area contributed by atoms with Crippen LogP contribution in [0.3, 0.4) is 0 Å². The topological polar surface area (TPSA) is 36.3 Å². The second-order valence-electron chi connectivity index (χ2n) is 6.65. The lowest BCUT2D eigenvalue weighted by Crippen LogP contribution is -2.50. The summed E-state index contributed by atoms with van der Waals surface area (Å²) in [5.74, 6) is 2.78. The predicted octanol–water partition coefficient (Wildman–Crippen LogP) is 4.07. The molecule has 26 heavy (non-hydrogen) atoms. The zero-order chi connectivity index (χ0) is 18.0. The van der Waals surface area contributed by atoms with Gasteiger partial charge in [-0.3, -0.25) is 4.90 Å². The molecular formula is C23H20N2O. The van der Waals surface area contributed by atoms with Gasteiger partial charge in [0.2, 0.25) is 0 Å². The third kappa shape index (κ3) is 2.54. The van der Waals surface area contributed by atoms with Crippen molar-refractivity contribution in [3.8, 4) is 18.4 Å². The van der Waals surface area contributed by atoms with Gasteiger partial charge in [0.15, 0.2) is 0 Å². The van der Waals surface area contributed by atoms with E-state index in [4.69, 9.17) is 11.2 Å². The third-order valence-corrected chi connectivity index (χ3v) is 5.28. The SMILES string of the molecule is C#CCC(C#N)(c1c2ccccc2cc2ccccc12)N1CCOCC1. The maximum atomic E-state index is 10.4. The van der Waals surface area contributed by atoms with E-state index in [9.17, 15) is 5.26 Å². The average Bonchev–Trinajstić information content (AvgIpc) is 2.71. The van der Waals surface area contributed by atoms with E-state index in [0.29, 0.717) is 32.7 Å². The molecule has 0 spiro atoms. The monoisotopic (exact) mass is 340 g/mol. The molecule has 4 rings (SSSR count). The van der Waals surface area contributed by atoms with Crippen LogP contribution < -0.4 is 0 Å². The van der Waals surface area contributed by atoms with Gasteiger partial charge < -0.3 is 4.74 Å². The lowest BCUT2D eigenvalue weighted by Gasteiger charge is -2.41. The molecule has 0 amide bonds. The van der Waals surface area contributed by atoms with Gasteiger partial charge in [0, 0.05) is 25.1 Å². The van der Waals surface area contributed by atoms with Crippen molar-refractivity contribution in [1.29, 1.82) is 5.26 Å². The van der Waals surface area contributed by atoms with Crippen LogP contribution in [0.25, 0.3) is 21.5 Å². The number of nitriles is 1. The Morgan fingerprint density at radius 1 is 1.00 bits per heavy atom. The number of nitrogens with zero attached hydrogens (tertiary/aromatic N) is 2. The van der Waals surface area contributed by atoms with E-state index in [1.807, 2.05) is 24.3 Å². The van der Waals surface area contributed by atoms with E-state index in [-0.39, 0.29) is 0 Å². The number of fused-ring (bicyclic) bond motifs is 2. The van der Waals surface area contributed by atoms with E-state index < -0.39 is 5.54 Å². The van der Waals surface area contributed by atoms with Crippen LogP contribution in [0.5, 0.6) is 0 Å². The van der Waals surface area contributed by atoms with Gasteiger partial charge in [-0.15, -0.1) is 12.3 Å².